The second-order valence-corrected chi connectivity index (χ2v) is 9.21. The first-order valence-corrected chi connectivity index (χ1v) is 11.6. The van der Waals surface area contributed by atoms with Gasteiger partial charge in [-0.15, -0.1) is 0 Å². The van der Waals surface area contributed by atoms with Crippen LogP contribution in [0.5, 0.6) is 0 Å². The number of aryl methyl sites for hydroxylation is 4. The van der Waals surface area contributed by atoms with E-state index in [9.17, 15) is 0 Å². The lowest BCUT2D eigenvalue weighted by atomic mass is 9.95. The maximum atomic E-state index is 4.60. The molecule has 0 saturated heterocycles. The average Bonchev–Trinajstić information content (AvgIpc) is 3.43. The molecule has 4 nitrogen and oxygen atoms in total. The Labute approximate surface area is 199 Å². The van der Waals surface area contributed by atoms with Crippen LogP contribution >= 0.6 is 0 Å². The van der Waals surface area contributed by atoms with Crippen molar-refractivity contribution < 1.29 is 0 Å². The summed E-state index contributed by atoms with van der Waals surface area (Å²) in [5.74, 6) is 0. The lowest BCUT2D eigenvalue weighted by molar-refractivity contribution is 1.08. The quantitative estimate of drug-likeness (QED) is 0.289. The highest BCUT2D eigenvalue weighted by molar-refractivity contribution is 5.80. The first-order chi connectivity index (χ1) is 16.5. The Balaban J connectivity index is 1.38. The molecule has 0 N–H and O–H groups in total. The number of benzene rings is 4. The van der Waals surface area contributed by atoms with Crippen molar-refractivity contribution in [2.24, 2.45) is 0 Å². The molecule has 0 saturated carbocycles. The normalized spacial score (nSPS) is 11.5. The van der Waals surface area contributed by atoms with Gasteiger partial charge in [-0.2, -0.15) is 0 Å². The Kier molecular flexibility index (Phi) is 4.63. The first-order valence-electron chi connectivity index (χ1n) is 11.6. The van der Waals surface area contributed by atoms with Gasteiger partial charge in [-0.25, -0.2) is 9.97 Å². The number of fused-ring (bicyclic) bond motifs is 2. The van der Waals surface area contributed by atoms with Gasteiger partial charge in [-0.1, -0.05) is 24.3 Å². The van der Waals surface area contributed by atoms with Crippen molar-refractivity contribution in [1.29, 1.82) is 0 Å². The van der Waals surface area contributed by atoms with Crippen molar-refractivity contribution in [1.82, 2.24) is 19.1 Å². The molecule has 2 heterocycles. The first kappa shape index (κ1) is 20.4. The van der Waals surface area contributed by atoms with Gasteiger partial charge < -0.3 is 0 Å². The molecule has 2 aromatic heterocycles. The summed E-state index contributed by atoms with van der Waals surface area (Å²) in [6.45, 7) is 8.56. The molecule has 0 radical (unpaired) electrons. The van der Waals surface area contributed by atoms with Gasteiger partial charge in [0.25, 0.3) is 0 Å². The Morgan fingerprint density at radius 3 is 1.35 bits per heavy atom. The number of hydrogen-bond acceptors (Lipinski definition) is 2. The summed E-state index contributed by atoms with van der Waals surface area (Å²) in [5.41, 5.74) is 14.0. The number of imidazole rings is 2. The van der Waals surface area contributed by atoms with E-state index in [1.807, 2.05) is 12.7 Å². The predicted octanol–water partition coefficient (Wildman–Crippen LogP) is 7.27. The molecule has 0 fully saturated rings. The van der Waals surface area contributed by atoms with Gasteiger partial charge >= 0.3 is 0 Å². The van der Waals surface area contributed by atoms with Crippen LogP contribution in [0, 0.1) is 27.7 Å². The molecule has 0 atom stereocenters. The molecule has 166 valence electrons. The van der Waals surface area contributed by atoms with Crippen LogP contribution in [0.15, 0.2) is 85.5 Å². The van der Waals surface area contributed by atoms with Crippen molar-refractivity contribution >= 4 is 22.1 Å². The molecule has 0 aliphatic rings. The number of aromatic nitrogens is 4. The second-order valence-electron chi connectivity index (χ2n) is 9.21. The van der Waals surface area contributed by atoms with Gasteiger partial charge in [0.2, 0.25) is 0 Å². The fourth-order valence-electron chi connectivity index (χ4n) is 4.86. The predicted molar refractivity (Wildman–Crippen MR) is 140 cm³/mol. The van der Waals surface area contributed by atoms with Crippen molar-refractivity contribution in [3.05, 3.63) is 108 Å². The van der Waals surface area contributed by atoms with Gasteiger partial charge in [0.15, 0.2) is 0 Å². The van der Waals surface area contributed by atoms with Crippen molar-refractivity contribution in [3.63, 3.8) is 0 Å². The summed E-state index contributed by atoms with van der Waals surface area (Å²) in [6, 6.07) is 26.1. The van der Waals surface area contributed by atoms with Gasteiger partial charge in [0.05, 0.1) is 22.1 Å². The Morgan fingerprint density at radius 1 is 0.500 bits per heavy atom. The van der Waals surface area contributed by atoms with Crippen molar-refractivity contribution in [2.75, 3.05) is 0 Å². The maximum absolute atomic E-state index is 4.60. The summed E-state index contributed by atoms with van der Waals surface area (Å²) in [5, 5.41) is 0. The van der Waals surface area contributed by atoms with E-state index in [-0.39, 0.29) is 0 Å². The number of rotatable bonds is 3. The van der Waals surface area contributed by atoms with E-state index in [0.717, 1.165) is 33.4 Å². The van der Waals surface area contributed by atoms with Crippen LogP contribution in [0.3, 0.4) is 0 Å². The molecular weight excluding hydrogens is 416 g/mol. The Bertz CT molecular complexity index is 1570. The average molecular weight is 443 g/mol. The van der Waals surface area contributed by atoms with Crippen molar-refractivity contribution in [2.45, 2.75) is 27.7 Å². The third-order valence-electron chi connectivity index (χ3n) is 6.67. The molecule has 0 amide bonds. The minimum atomic E-state index is 1.02. The monoisotopic (exact) mass is 442 g/mol. The molecule has 4 heteroatoms. The summed E-state index contributed by atoms with van der Waals surface area (Å²) >= 11 is 0. The molecule has 0 unspecified atom stereocenters. The summed E-state index contributed by atoms with van der Waals surface area (Å²) in [6.07, 6.45) is 3.82. The van der Waals surface area contributed by atoms with Gasteiger partial charge in [0.1, 0.15) is 12.7 Å². The molecule has 0 aliphatic carbocycles. The van der Waals surface area contributed by atoms with Crippen LogP contribution < -0.4 is 0 Å². The fraction of sp³-hybridized carbons (Fsp3) is 0.133. The van der Waals surface area contributed by atoms with Gasteiger partial charge in [-0.3, -0.25) is 9.13 Å². The molecular formula is C30H26N4. The summed E-state index contributed by atoms with van der Waals surface area (Å²) < 4.78 is 4.32. The lowest BCUT2D eigenvalue weighted by Gasteiger charge is -2.14. The second kappa shape index (κ2) is 7.70. The van der Waals surface area contributed by atoms with Crippen molar-refractivity contribution in [3.8, 4) is 22.5 Å². The minimum Gasteiger partial charge on any atom is -0.299 e. The van der Waals surface area contributed by atoms with E-state index in [0.29, 0.717) is 0 Å². The zero-order valence-electron chi connectivity index (χ0n) is 19.9. The molecule has 6 aromatic rings. The molecule has 34 heavy (non-hydrogen) atoms. The molecule has 4 aromatic carbocycles. The Hall–Kier alpha value is -4.18. The summed E-state index contributed by atoms with van der Waals surface area (Å²) in [7, 11) is 0. The smallest absolute Gasteiger partial charge is 0.100 e. The van der Waals surface area contributed by atoms with E-state index in [1.54, 1.807) is 0 Å². The molecule has 0 aliphatic heterocycles. The highest BCUT2D eigenvalue weighted by Crippen LogP contribution is 2.31. The number of hydrogen-bond donors (Lipinski definition) is 0. The van der Waals surface area contributed by atoms with Gasteiger partial charge in [0, 0.05) is 11.4 Å². The van der Waals surface area contributed by atoms with Crippen LogP contribution in [0.2, 0.25) is 0 Å². The largest absolute Gasteiger partial charge is 0.299 e. The standard InChI is InChI=1S/C30H26N4/c1-19-5-11-29-27(13-19)31-17-33(29)23-7-9-25(21(3)15-23)26-10-8-24(16-22(26)4)34-18-32-28-14-20(2)6-12-30(28)34/h5-18H,1-4H3. The van der Waals surface area contributed by atoms with E-state index in [1.165, 1.54) is 33.4 Å². The zero-order chi connectivity index (χ0) is 23.4. The van der Waals surface area contributed by atoms with Gasteiger partial charge in [-0.05, 0) is 110 Å². The third kappa shape index (κ3) is 3.30. The Morgan fingerprint density at radius 2 is 0.941 bits per heavy atom. The lowest BCUT2D eigenvalue weighted by Crippen LogP contribution is -1.97. The van der Waals surface area contributed by atoms with Crippen LogP contribution in [0.1, 0.15) is 22.3 Å². The van der Waals surface area contributed by atoms with E-state index in [2.05, 4.69) is 120 Å². The van der Waals surface area contributed by atoms with E-state index >= 15 is 0 Å². The zero-order valence-corrected chi connectivity index (χ0v) is 19.9. The maximum Gasteiger partial charge on any atom is 0.100 e. The molecule has 0 spiro atoms. The van der Waals surface area contributed by atoms with E-state index in [4.69, 9.17) is 0 Å². The minimum absolute atomic E-state index is 1.02. The van der Waals surface area contributed by atoms with Crippen LogP contribution in [-0.2, 0) is 0 Å². The molecule has 0 bridgehead atoms. The number of nitrogens with zero attached hydrogens (tertiary/aromatic N) is 4. The fourth-order valence-corrected chi connectivity index (χ4v) is 4.86. The summed E-state index contributed by atoms with van der Waals surface area (Å²) in [4.78, 5) is 9.19. The van der Waals surface area contributed by atoms with Crippen LogP contribution in [0.25, 0.3) is 44.6 Å². The molecule has 6 rings (SSSR count). The highest BCUT2D eigenvalue weighted by Gasteiger charge is 2.11. The highest BCUT2D eigenvalue weighted by atomic mass is 15.1. The third-order valence-corrected chi connectivity index (χ3v) is 6.67. The van der Waals surface area contributed by atoms with Crippen LogP contribution in [-0.4, -0.2) is 19.1 Å². The van der Waals surface area contributed by atoms with Crippen LogP contribution in [0.4, 0.5) is 0 Å². The SMILES string of the molecule is Cc1ccc2c(c1)ncn2-c1ccc(-c2ccc(-n3cnc4cc(C)ccc43)cc2C)c(C)c1. The van der Waals surface area contributed by atoms with E-state index < -0.39 is 0 Å². The topological polar surface area (TPSA) is 35.6 Å².